The molecule has 1 atom stereocenters. The minimum Gasteiger partial charge on any atom is -0.397 e. The number of nitrogens with zero attached hydrogens (tertiary/aromatic N) is 2. The Kier molecular flexibility index (Phi) is 3.48. The van der Waals surface area contributed by atoms with Crippen LogP contribution in [0.3, 0.4) is 0 Å². The smallest absolute Gasteiger partial charge is 0.186 e. The van der Waals surface area contributed by atoms with Gasteiger partial charge in [0.25, 0.3) is 0 Å². The van der Waals surface area contributed by atoms with Gasteiger partial charge in [-0.25, -0.2) is 14.4 Å². The molecule has 3 nitrogen and oxygen atoms in total. The normalized spacial score (nSPS) is 12.4. The Morgan fingerprint density at radius 3 is 2.44 bits per heavy atom. The zero-order valence-corrected chi connectivity index (χ0v) is 10.9. The lowest BCUT2D eigenvalue weighted by Gasteiger charge is -2.12. The van der Waals surface area contributed by atoms with E-state index in [0.29, 0.717) is 10.6 Å². The highest BCUT2D eigenvalue weighted by atomic mass is 35.5. The van der Waals surface area contributed by atoms with Gasteiger partial charge in [-0.15, -0.1) is 0 Å². The highest BCUT2D eigenvalue weighted by molar-refractivity contribution is 6.33. The maximum Gasteiger partial charge on any atom is 0.186 e. The molecule has 0 aliphatic heterocycles. The molecule has 94 valence electrons. The van der Waals surface area contributed by atoms with Crippen LogP contribution in [0.1, 0.15) is 28.9 Å². The predicted octanol–water partition coefficient (Wildman–Crippen LogP) is 3.39. The molecule has 0 aliphatic rings. The van der Waals surface area contributed by atoms with Gasteiger partial charge in [-0.05, 0) is 26.0 Å². The van der Waals surface area contributed by atoms with Crippen molar-refractivity contribution in [2.24, 2.45) is 0 Å². The molecule has 0 aliphatic carbocycles. The fourth-order valence-corrected chi connectivity index (χ4v) is 1.96. The average Bonchev–Trinajstić information content (AvgIpc) is 2.30. The monoisotopic (exact) mass is 265 g/mol. The lowest BCUT2D eigenvalue weighted by atomic mass is 10.1. The number of hydrogen-bond donors (Lipinski definition) is 1. The molecule has 1 heterocycles. The molecule has 1 aromatic carbocycles. The quantitative estimate of drug-likeness (QED) is 0.847. The van der Waals surface area contributed by atoms with Gasteiger partial charge in [-0.3, -0.25) is 0 Å². The highest BCUT2D eigenvalue weighted by Gasteiger charge is 2.20. The molecule has 5 heteroatoms. The van der Waals surface area contributed by atoms with Gasteiger partial charge < -0.3 is 5.73 Å². The van der Waals surface area contributed by atoms with Crippen molar-refractivity contribution in [2.75, 3.05) is 5.73 Å². The largest absolute Gasteiger partial charge is 0.397 e. The van der Waals surface area contributed by atoms with Crippen molar-refractivity contribution in [1.29, 1.82) is 0 Å². The molecule has 2 aromatic rings. The molecule has 2 rings (SSSR count). The van der Waals surface area contributed by atoms with Crippen molar-refractivity contribution in [2.45, 2.75) is 20.0 Å². The third-order valence-corrected chi connectivity index (χ3v) is 2.92. The van der Waals surface area contributed by atoms with Crippen LogP contribution in [0.15, 0.2) is 24.3 Å². The molecule has 1 unspecified atom stereocenters. The SMILES string of the molecule is Cc1cc(C)nc(C(F)c2cccc(Cl)c2N)n1. The first-order chi connectivity index (χ1) is 8.49. The number of nitrogen functional groups attached to an aromatic ring is 1. The van der Waals surface area contributed by atoms with Crippen LogP contribution in [0.25, 0.3) is 0 Å². The van der Waals surface area contributed by atoms with Crippen molar-refractivity contribution < 1.29 is 4.39 Å². The van der Waals surface area contributed by atoms with E-state index in [1.807, 2.05) is 0 Å². The zero-order valence-electron chi connectivity index (χ0n) is 10.1. The van der Waals surface area contributed by atoms with Crippen LogP contribution in [0.2, 0.25) is 5.02 Å². The van der Waals surface area contributed by atoms with Gasteiger partial charge in [-0.1, -0.05) is 23.7 Å². The Balaban J connectivity index is 2.47. The summed E-state index contributed by atoms with van der Waals surface area (Å²) in [5, 5.41) is 0.333. The molecule has 0 amide bonds. The topological polar surface area (TPSA) is 51.8 Å². The van der Waals surface area contributed by atoms with Crippen molar-refractivity contribution in [3.63, 3.8) is 0 Å². The Morgan fingerprint density at radius 2 is 1.83 bits per heavy atom. The van der Waals surface area contributed by atoms with E-state index >= 15 is 0 Å². The van der Waals surface area contributed by atoms with E-state index in [9.17, 15) is 4.39 Å². The number of alkyl halides is 1. The molecule has 1 aromatic heterocycles. The third kappa shape index (κ3) is 2.43. The fourth-order valence-electron chi connectivity index (χ4n) is 1.78. The van der Waals surface area contributed by atoms with Crippen LogP contribution in [0.4, 0.5) is 10.1 Å². The second-order valence-corrected chi connectivity index (χ2v) is 4.52. The van der Waals surface area contributed by atoms with Crippen molar-refractivity contribution >= 4 is 17.3 Å². The summed E-state index contributed by atoms with van der Waals surface area (Å²) in [7, 11) is 0. The molecule has 0 saturated heterocycles. The van der Waals surface area contributed by atoms with Crippen LogP contribution in [-0.2, 0) is 0 Å². The van der Waals surface area contributed by atoms with Crippen LogP contribution >= 0.6 is 11.6 Å². The number of para-hydroxylation sites is 1. The number of aromatic nitrogens is 2. The molecule has 0 fully saturated rings. The lowest BCUT2D eigenvalue weighted by molar-refractivity contribution is 0.383. The second kappa shape index (κ2) is 4.90. The van der Waals surface area contributed by atoms with Gasteiger partial charge in [0, 0.05) is 17.0 Å². The predicted molar refractivity (Wildman–Crippen MR) is 70.3 cm³/mol. The third-order valence-electron chi connectivity index (χ3n) is 2.59. The Hall–Kier alpha value is -1.68. The van der Waals surface area contributed by atoms with Crippen LogP contribution in [0, 0.1) is 13.8 Å². The van der Waals surface area contributed by atoms with Crippen LogP contribution in [0.5, 0.6) is 0 Å². The molecular formula is C13H13ClFN3. The summed E-state index contributed by atoms with van der Waals surface area (Å²) in [6.07, 6.45) is -1.47. The van der Waals surface area contributed by atoms with E-state index in [1.165, 1.54) is 0 Å². The van der Waals surface area contributed by atoms with Gasteiger partial charge >= 0.3 is 0 Å². The summed E-state index contributed by atoms with van der Waals surface area (Å²) in [6, 6.07) is 6.66. The molecule has 0 radical (unpaired) electrons. The van der Waals surface area contributed by atoms with Gasteiger partial charge in [-0.2, -0.15) is 0 Å². The molecule has 0 saturated carbocycles. The van der Waals surface area contributed by atoms with Gasteiger partial charge in [0.15, 0.2) is 12.0 Å². The second-order valence-electron chi connectivity index (χ2n) is 4.11. The molecule has 0 spiro atoms. The Bertz CT molecular complexity index is 566. The molecule has 18 heavy (non-hydrogen) atoms. The summed E-state index contributed by atoms with van der Waals surface area (Å²) >= 11 is 5.88. The van der Waals surface area contributed by atoms with Crippen LogP contribution in [-0.4, -0.2) is 9.97 Å². The van der Waals surface area contributed by atoms with Crippen LogP contribution < -0.4 is 5.73 Å². The first-order valence-electron chi connectivity index (χ1n) is 5.49. The standard InChI is InChI=1S/C13H13ClFN3/c1-7-6-8(2)18-13(17-7)11(15)9-4-3-5-10(14)12(9)16/h3-6,11H,16H2,1-2H3. The zero-order chi connectivity index (χ0) is 13.3. The molecule has 2 N–H and O–H groups in total. The molecule has 0 bridgehead atoms. The first-order valence-corrected chi connectivity index (χ1v) is 5.87. The van der Waals surface area contributed by atoms with E-state index in [4.69, 9.17) is 17.3 Å². The summed E-state index contributed by atoms with van der Waals surface area (Å²) in [4.78, 5) is 8.19. The summed E-state index contributed by atoms with van der Waals surface area (Å²) in [6.45, 7) is 3.60. The van der Waals surface area contributed by atoms with E-state index in [2.05, 4.69) is 9.97 Å². The minimum atomic E-state index is -1.47. The van der Waals surface area contributed by atoms with E-state index in [1.54, 1.807) is 38.1 Å². The number of rotatable bonds is 2. The van der Waals surface area contributed by atoms with Crippen molar-refractivity contribution in [3.05, 3.63) is 52.1 Å². The van der Waals surface area contributed by atoms with Gasteiger partial charge in [0.1, 0.15) is 0 Å². The fraction of sp³-hybridized carbons (Fsp3) is 0.231. The number of benzene rings is 1. The van der Waals surface area contributed by atoms with Crippen molar-refractivity contribution in [1.82, 2.24) is 9.97 Å². The summed E-state index contributed by atoms with van der Waals surface area (Å²) < 4.78 is 14.4. The Morgan fingerprint density at radius 1 is 1.22 bits per heavy atom. The summed E-state index contributed by atoms with van der Waals surface area (Å²) in [5.41, 5.74) is 7.74. The number of halogens is 2. The minimum absolute atomic E-state index is 0.112. The number of hydrogen-bond acceptors (Lipinski definition) is 3. The highest BCUT2D eigenvalue weighted by Crippen LogP contribution is 2.32. The summed E-state index contributed by atoms with van der Waals surface area (Å²) in [5.74, 6) is 0.112. The van der Waals surface area contributed by atoms with E-state index in [-0.39, 0.29) is 11.5 Å². The van der Waals surface area contributed by atoms with E-state index < -0.39 is 6.17 Å². The van der Waals surface area contributed by atoms with E-state index in [0.717, 1.165) is 11.4 Å². The van der Waals surface area contributed by atoms with Crippen molar-refractivity contribution in [3.8, 4) is 0 Å². The maximum absolute atomic E-state index is 14.4. The molecular weight excluding hydrogens is 253 g/mol. The Labute approximate surface area is 110 Å². The van der Waals surface area contributed by atoms with Gasteiger partial charge in [0.2, 0.25) is 0 Å². The maximum atomic E-state index is 14.4. The number of anilines is 1. The number of aryl methyl sites for hydroxylation is 2. The first kappa shape index (κ1) is 12.8. The number of nitrogens with two attached hydrogens (primary N) is 1. The average molecular weight is 266 g/mol. The lowest BCUT2D eigenvalue weighted by Crippen LogP contribution is -2.06. The van der Waals surface area contributed by atoms with Gasteiger partial charge in [0.05, 0.1) is 10.7 Å².